The van der Waals surface area contributed by atoms with E-state index in [1.807, 2.05) is 0 Å². The summed E-state index contributed by atoms with van der Waals surface area (Å²) < 4.78 is 3.61. The van der Waals surface area contributed by atoms with Gasteiger partial charge in [0.15, 0.2) is 0 Å². The second kappa shape index (κ2) is 9.44. The van der Waals surface area contributed by atoms with Crippen molar-refractivity contribution < 1.29 is 28.6 Å². The Bertz CT molecular complexity index is 365. The van der Waals surface area contributed by atoms with Crippen molar-refractivity contribution in [3.8, 4) is 0 Å². The molecule has 0 N–H and O–H groups in total. The SMILES string of the molecule is CCCC1=[C]([Ti+2][C]2=C(CCC)C=CC2)CC=C1.[F-].[F-]. The summed E-state index contributed by atoms with van der Waals surface area (Å²) in [5, 5.41) is 0. The maximum atomic E-state index is 2.38. The van der Waals surface area contributed by atoms with E-state index in [1.165, 1.54) is 38.5 Å². The van der Waals surface area contributed by atoms with Crippen LogP contribution >= 0.6 is 0 Å². The van der Waals surface area contributed by atoms with E-state index in [-0.39, 0.29) is 28.6 Å². The van der Waals surface area contributed by atoms with Crippen LogP contribution in [-0.2, 0) is 19.2 Å². The van der Waals surface area contributed by atoms with Crippen LogP contribution in [0.1, 0.15) is 52.4 Å². The first kappa shape index (κ1) is 18.5. The summed E-state index contributed by atoms with van der Waals surface area (Å²) in [6.07, 6.45) is 17.1. The molecule has 0 unspecified atom stereocenters. The van der Waals surface area contributed by atoms with E-state index in [0.29, 0.717) is 0 Å². The zero-order valence-electron chi connectivity index (χ0n) is 11.8. The Kier molecular flexibility index (Phi) is 9.21. The first-order valence-corrected chi connectivity index (χ1v) is 8.45. The second-order valence-corrected chi connectivity index (χ2v) is 7.12. The fourth-order valence-corrected chi connectivity index (χ4v) is 4.96. The van der Waals surface area contributed by atoms with Gasteiger partial charge in [-0.1, -0.05) is 0 Å². The van der Waals surface area contributed by atoms with Crippen LogP contribution in [0.2, 0.25) is 0 Å². The number of hydrogen-bond donors (Lipinski definition) is 0. The molecule has 0 aromatic heterocycles. The molecular weight excluding hydrogens is 278 g/mol. The zero-order valence-corrected chi connectivity index (χ0v) is 13.4. The molecule has 3 heteroatoms. The van der Waals surface area contributed by atoms with E-state index in [9.17, 15) is 0 Å². The molecule has 0 fully saturated rings. The van der Waals surface area contributed by atoms with Crippen molar-refractivity contribution in [2.24, 2.45) is 0 Å². The Labute approximate surface area is 124 Å². The van der Waals surface area contributed by atoms with Crippen LogP contribution in [0.4, 0.5) is 0 Å². The van der Waals surface area contributed by atoms with E-state index < -0.39 is 0 Å². The molecule has 0 aromatic carbocycles. The summed E-state index contributed by atoms with van der Waals surface area (Å²) in [6, 6.07) is 0. The summed E-state index contributed by atoms with van der Waals surface area (Å²) >= 11 is -0.000648. The Morgan fingerprint density at radius 1 is 0.842 bits per heavy atom. The zero-order chi connectivity index (χ0) is 12.1. The minimum Gasteiger partial charge on any atom is -1.00 e. The molecule has 2 aliphatic rings. The molecule has 0 aromatic rings. The molecule has 104 valence electrons. The van der Waals surface area contributed by atoms with Crippen molar-refractivity contribution in [2.45, 2.75) is 52.4 Å². The van der Waals surface area contributed by atoms with Crippen LogP contribution in [0.3, 0.4) is 0 Å². The monoisotopic (exact) mass is 300 g/mol. The summed E-state index contributed by atoms with van der Waals surface area (Å²) in [7, 11) is 0. The maximum absolute atomic E-state index is 2.38. The van der Waals surface area contributed by atoms with Crippen LogP contribution in [0, 0.1) is 0 Å². The van der Waals surface area contributed by atoms with E-state index in [2.05, 4.69) is 38.2 Å². The minimum atomic E-state index is -0.000648. The molecule has 0 heterocycles. The fourth-order valence-electron chi connectivity index (χ4n) is 2.55. The van der Waals surface area contributed by atoms with E-state index in [1.54, 1.807) is 18.9 Å². The van der Waals surface area contributed by atoms with Gasteiger partial charge in [0.1, 0.15) is 0 Å². The van der Waals surface area contributed by atoms with E-state index >= 15 is 0 Å². The average molecular weight is 300 g/mol. The largest absolute Gasteiger partial charge is 1.00 e. The first-order valence-electron chi connectivity index (χ1n) is 6.89. The second-order valence-electron chi connectivity index (χ2n) is 4.85. The average Bonchev–Trinajstić information content (AvgIpc) is 2.92. The van der Waals surface area contributed by atoms with Crippen molar-refractivity contribution in [1.82, 2.24) is 0 Å². The molecule has 0 nitrogen and oxygen atoms in total. The van der Waals surface area contributed by atoms with Gasteiger partial charge in [-0.25, -0.2) is 0 Å². The Morgan fingerprint density at radius 2 is 1.26 bits per heavy atom. The van der Waals surface area contributed by atoms with Gasteiger partial charge in [0.05, 0.1) is 0 Å². The van der Waals surface area contributed by atoms with Crippen LogP contribution in [0.25, 0.3) is 0 Å². The van der Waals surface area contributed by atoms with Crippen molar-refractivity contribution in [1.29, 1.82) is 0 Å². The van der Waals surface area contributed by atoms with Gasteiger partial charge in [0.2, 0.25) is 0 Å². The summed E-state index contributed by atoms with van der Waals surface area (Å²) in [4.78, 5) is 0. The van der Waals surface area contributed by atoms with Crippen molar-refractivity contribution in [2.75, 3.05) is 0 Å². The molecule has 19 heavy (non-hydrogen) atoms. The molecule has 0 bridgehead atoms. The standard InChI is InChI=1S/2C8H11.2FH.Ti/c2*1-2-5-8-6-3-4-7-8;;;/h2*3,6H,2,4-5H2,1H3;2*1H;/q;;;;+2/p-2. The first-order chi connectivity index (χ1) is 8.35. The Hall–Kier alpha value is -0.466. The van der Waals surface area contributed by atoms with Gasteiger partial charge >= 0.3 is 115 Å². The van der Waals surface area contributed by atoms with Crippen molar-refractivity contribution in [3.05, 3.63) is 43.2 Å². The molecule has 0 saturated carbocycles. The predicted molar refractivity (Wildman–Crippen MR) is 71.4 cm³/mol. The smallest absolute Gasteiger partial charge is 1.00 e. The third kappa shape index (κ3) is 4.85. The number of halogens is 2. The molecule has 0 aliphatic heterocycles. The molecule has 0 saturated heterocycles. The van der Waals surface area contributed by atoms with Gasteiger partial charge in [-0.3, -0.25) is 0 Å². The molecule has 2 rings (SSSR count). The summed E-state index contributed by atoms with van der Waals surface area (Å²) in [5.41, 5.74) is 3.34. The Balaban J connectivity index is 0.00000162. The van der Waals surface area contributed by atoms with Gasteiger partial charge in [-0.2, -0.15) is 0 Å². The molecule has 0 spiro atoms. The van der Waals surface area contributed by atoms with Crippen LogP contribution < -0.4 is 9.41 Å². The molecule has 0 amide bonds. The normalized spacial score (nSPS) is 16.5. The Morgan fingerprint density at radius 3 is 1.63 bits per heavy atom. The van der Waals surface area contributed by atoms with Gasteiger partial charge in [-0.15, -0.1) is 0 Å². The van der Waals surface area contributed by atoms with Crippen LogP contribution in [-0.4, -0.2) is 0 Å². The predicted octanol–water partition coefficient (Wildman–Crippen LogP) is -0.895. The van der Waals surface area contributed by atoms with Crippen molar-refractivity contribution >= 4 is 0 Å². The molecule has 0 radical (unpaired) electrons. The number of hydrogen-bond acceptors (Lipinski definition) is 0. The van der Waals surface area contributed by atoms with Crippen LogP contribution in [0.5, 0.6) is 0 Å². The van der Waals surface area contributed by atoms with Gasteiger partial charge in [0, 0.05) is 0 Å². The topological polar surface area (TPSA) is 0 Å². The number of allylic oxidation sites excluding steroid dienone is 8. The third-order valence-corrected chi connectivity index (χ3v) is 5.98. The van der Waals surface area contributed by atoms with Crippen LogP contribution in [0.15, 0.2) is 43.2 Å². The molecular formula is C16H22F2Ti. The third-order valence-electron chi connectivity index (χ3n) is 3.40. The maximum Gasteiger partial charge on any atom is -1.00 e. The quantitative estimate of drug-likeness (QED) is 0.558. The number of rotatable bonds is 6. The molecule has 2 aliphatic carbocycles. The summed E-state index contributed by atoms with van der Waals surface area (Å²) in [6.45, 7) is 4.57. The van der Waals surface area contributed by atoms with Gasteiger partial charge < -0.3 is 9.41 Å². The van der Waals surface area contributed by atoms with Gasteiger partial charge in [0.25, 0.3) is 0 Å². The fraction of sp³-hybridized carbons (Fsp3) is 0.500. The van der Waals surface area contributed by atoms with Gasteiger partial charge in [-0.05, 0) is 0 Å². The molecule has 0 atom stereocenters. The minimum absolute atomic E-state index is 0. The van der Waals surface area contributed by atoms with E-state index in [4.69, 9.17) is 0 Å². The summed E-state index contributed by atoms with van der Waals surface area (Å²) in [5.74, 6) is 0. The van der Waals surface area contributed by atoms with E-state index in [0.717, 1.165) is 0 Å². The van der Waals surface area contributed by atoms with Crippen molar-refractivity contribution in [3.63, 3.8) is 0 Å².